The lowest BCUT2D eigenvalue weighted by Gasteiger charge is -2.22. The van der Waals surface area contributed by atoms with Crippen molar-refractivity contribution in [1.29, 1.82) is 0 Å². The predicted octanol–water partition coefficient (Wildman–Crippen LogP) is 1.80. The third kappa shape index (κ3) is 3.49. The van der Waals surface area contributed by atoms with Crippen molar-refractivity contribution >= 4 is 5.91 Å². The van der Waals surface area contributed by atoms with Gasteiger partial charge in [-0.1, -0.05) is 26.7 Å². The van der Waals surface area contributed by atoms with Gasteiger partial charge in [-0.25, -0.2) is 0 Å². The lowest BCUT2D eigenvalue weighted by atomic mass is 9.98. The Hall–Kier alpha value is -0.570. The zero-order valence-electron chi connectivity index (χ0n) is 9.91. The Morgan fingerprint density at radius 1 is 1.53 bits per heavy atom. The van der Waals surface area contributed by atoms with Gasteiger partial charge in [0.25, 0.3) is 0 Å². The molecule has 1 aliphatic rings. The number of hydrogen-bond acceptors (Lipinski definition) is 2. The van der Waals surface area contributed by atoms with Gasteiger partial charge in [-0.05, 0) is 19.3 Å². The van der Waals surface area contributed by atoms with E-state index in [-0.39, 0.29) is 17.9 Å². The second-order valence-corrected chi connectivity index (χ2v) is 4.47. The van der Waals surface area contributed by atoms with Crippen molar-refractivity contribution < 1.29 is 9.90 Å². The molecule has 1 rings (SSSR count). The maximum absolute atomic E-state index is 12.0. The highest BCUT2D eigenvalue weighted by Crippen LogP contribution is 2.19. The van der Waals surface area contributed by atoms with E-state index in [2.05, 4.69) is 13.8 Å². The summed E-state index contributed by atoms with van der Waals surface area (Å²) < 4.78 is 0. The monoisotopic (exact) mass is 213 g/mol. The van der Waals surface area contributed by atoms with E-state index in [1.807, 2.05) is 4.90 Å². The Morgan fingerprint density at radius 3 is 2.73 bits per heavy atom. The fourth-order valence-electron chi connectivity index (χ4n) is 2.15. The molecule has 2 atom stereocenters. The molecular formula is C12H23NO2. The predicted molar refractivity (Wildman–Crippen MR) is 60.5 cm³/mol. The largest absolute Gasteiger partial charge is 0.391 e. The van der Waals surface area contributed by atoms with Crippen LogP contribution in [0.5, 0.6) is 0 Å². The summed E-state index contributed by atoms with van der Waals surface area (Å²) in [4.78, 5) is 13.9. The molecule has 0 aromatic heterocycles. The van der Waals surface area contributed by atoms with Crippen LogP contribution < -0.4 is 0 Å². The third-order valence-corrected chi connectivity index (χ3v) is 3.22. The molecule has 0 radical (unpaired) electrons. The summed E-state index contributed by atoms with van der Waals surface area (Å²) in [7, 11) is 0. The molecule has 1 fully saturated rings. The lowest BCUT2D eigenvalue weighted by molar-refractivity contribution is -0.135. The van der Waals surface area contributed by atoms with Crippen molar-refractivity contribution in [3.8, 4) is 0 Å². The van der Waals surface area contributed by atoms with Gasteiger partial charge in [-0.2, -0.15) is 0 Å². The molecule has 0 bridgehead atoms. The van der Waals surface area contributed by atoms with Crippen LogP contribution in [0.1, 0.15) is 46.0 Å². The topological polar surface area (TPSA) is 40.5 Å². The van der Waals surface area contributed by atoms with Crippen molar-refractivity contribution in [3.05, 3.63) is 0 Å². The van der Waals surface area contributed by atoms with E-state index in [0.717, 1.165) is 38.6 Å². The second-order valence-electron chi connectivity index (χ2n) is 4.47. The summed E-state index contributed by atoms with van der Waals surface area (Å²) in [6, 6.07) is 0. The summed E-state index contributed by atoms with van der Waals surface area (Å²) in [6.45, 7) is 5.51. The number of likely N-dealkylation sites (tertiary alicyclic amines) is 1. The zero-order chi connectivity index (χ0) is 11.3. The Labute approximate surface area is 92.5 Å². The molecule has 1 unspecified atom stereocenters. The van der Waals surface area contributed by atoms with Crippen molar-refractivity contribution in [1.82, 2.24) is 4.90 Å². The van der Waals surface area contributed by atoms with E-state index >= 15 is 0 Å². The normalized spacial score (nSPS) is 23.1. The summed E-state index contributed by atoms with van der Waals surface area (Å²) in [5, 5.41) is 9.39. The quantitative estimate of drug-likeness (QED) is 0.756. The summed E-state index contributed by atoms with van der Waals surface area (Å²) in [5.41, 5.74) is 0. The molecular weight excluding hydrogens is 190 g/mol. The molecule has 1 heterocycles. The van der Waals surface area contributed by atoms with E-state index in [1.54, 1.807) is 0 Å². The number of carbonyl (C=O) groups is 1. The first kappa shape index (κ1) is 12.5. The number of amides is 1. The van der Waals surface area contributed by atoms with E-state index < -0.39 is 0 Å². The zero-order valence-corrected chi connectivity index (χ0v) is 9.91. The van der Waals surface area contributed by atoms with E-state index in [1.165, 1.54) is 0 Å². The van der Waals surface area contributed by atoms with Crippen LogP contribution in [0.2, 0.25) is 0 Å². The minimum atomic E-state index is -0.294. The minimum Gasteiger partial charge on any atom is -0.391 e. The van der Waals surface area contributed by atoms with Crippen molar-refractivity contribution in [2.24, 2.45) is 5.92 Å². The summed E-state index contributed by atoms with van der Waals surface area (Å²) in [5.74, 6) is 0.428. The van der Waals surface area contributed by atoms with Gasteiger partial charge in [0.15, 0.2) is 0 Å². The van der Waals surface area contributed by atoms with E-state index in [0.29, 0.717) is 6.54 Å². The fourth-order valence-corrected chi connectivity index (χ4v) is 2.15. The maximum Gasteiger partial charge on any atom is 0.225 e. The molecule has 1 amide bonds. The summed E-state index contributed by atoms with van der Waals surface area (Å²) in [6.07, 6.45) is 4.64. The van der Waals surface area contributed by atoms with Crippen LogP contribution in [0.3, 0.4) is 0 Å². The van der Waals surface area contributed by atoms with Gasteiger partial charge in [-0.3, -0.25) is 4.79 Å². The van der Waals surface area contributed by atoms with Crippen LogP contribution in [-0.4, -0.2) is 35.1 Å². The van der Waals surface area contributed by atoms with Crippen molar-refractivity contribution in [2.45, 2.75) is 52.1 Å². The highest BCUT2D eigenvalue weighted by Gasteiger charge is 2.28. The van der Waals surface area contributed by atoms with Crippen molar-refractivity contribution in [3.63, 3.8) is 0 Å². The molecule has 0 aliphatic carbocycles. The number of β-amino-alcohol motifs (C(OH)–C–C–N with tert-alkyl or cyclic N) is 1. The molecule has 1 aliphatic heterocycles. The number of unbranched alkanes of at least 4 members (excludes halogenated alkanes) is 1. The van der Waals surface area contributed by atoms with Gasteiger partial charge in [-0.15, -0.1) is 0 Å². The number of nitrogens with zero attached hydrogens (tertiary/aromatic N) is 1. The molecule has 3 heteroatoms. The van der Waals surface area contributed by atoms with Gasteiger partial charge >= 0.3 is 0 Å². The average molecular weight is 213 g/mol. The number of carbonyl (C=O) groups excluding carboxylic acids is 1. The summed E-state index contributed by atoms with van der Waals surface area (Å²) >= 11 is 0. The Bertz CT molecular complexity index is 206. The standard InChI is InChI=1S/C12H23NO2/c1-3-5-6-10(4-2)12(15)13-8-7-11(14)9-13/h10-11,14H,3-9H2,1-2H3/t10?,11-/m1/s1. The Morgan fingerprint density at radius 2 is 2.27 bits per heavy atom. The molecule has 3 nitrogen and oxygen atoms in total. The smallest absolute Gasteiger partial charge is 0.225 e. The maximum atomic E-state index is 12.0. The highest BCUT2D eigenvalue weighted by molar-refractivity contribution is 5.79. The average Bonchev–Trinajstić information content (AvgIpc) is 2.65. The Kier molecular flexibility index (Phi) is 5.09. The number of aliphatic hydroxyl groups is 1. The molecule has 0 spiro atoms. The van der Waals surface area contributed by atoms with Crippen LogP contribution in [0.15, 0.2) is 0 Å². The highest BCUT2D eigenvalue weighted by atomic mass is 16.3. The minimum absolute atomic E-state index is 0.176. The van der Waals surface area contributed by atoms with Gasteiger partial charge < -0.3 is 10.0 Å². The number of rotatable bonds is 5. The number of hydrogen-bond donors (Lipinski definition) is 1. The van der Waals surface area contributed by atoms with Gasteiger partial charge in [0.2, 0.25) is 5.91 Å². The first-order valence-electron chi connectivity index (χ1n) is 6.15. The van der Waals surface area contributed by atoms with Crippen molar-refractivity contribution in [2.75, 3.05) is 13.1 Å². The first-order valence-corrected chi connectivity index (χ1v) is 6.15. The van der Waals surface area contributed by atoms with E-state index in [4.69, 9.17) is 0 Å². The molecule has 0 aromatic rings. The van der Waals surface area contributed by atoms with E-state index in [9.17, 15) is 9.90 Å². The fraction of sp³-hybridized carbons (Fsp3) is 0.917. The third-order valence-electron chi connectivity index (χ3n) is 3.22. The lowest BCUT2D eigenvalue weighted by Crippen LogP contribution is -2.34. The SMILES string of the molecule is CCCCC(CC)C(=O)N1CC[C@@H](O)C1. The van der Waals surface area contributed by atoms with Gasteiger partial charge in [0.05, 0.1) is 6.10 Å². The van der Waals surface area contributed by atoms with Gasteiger partial charge in [0.1, 0.15) is 0 Å². The van der Waals surface area contributed by atoms with Crippen LogP contribution in [0, 0.1) is 5.92 Å². The van der Waals surface area contributed by atoms with Crippen LogP contribution >= 0.6 is 0 Å². The molecule has 0 saturated carbocycles. The molecule has 15 heavy (non-hydrogen) atoms. The van der Waals surface area contributed by atoms with Gasteiger partial charge in [0, 0.05) is 19.0 Å². The Balaban J connectivity index is 2.42. The van der Waals surface area contributed by atoms with Crippen LogP contribution in [0.4, 0.5) is 0 Å². The molecule has 0 aromatic carbocycles. The molecule has 1 N–H and O–H groups in total. The number of aliphatic hydroxyl groups excluding tert-OH is 1. The van der Waals surface area contributed by atoms with Crippen LogP contribution in [0.25, 0.3) is 0 Å². The van der Waals surface area contributed by atoms with Crippen LogP contribution in [-0.2, 0) is 4.79 Å². The molecule has 88 valence electrons. The first-order chi connectivity index (χ1) is 7.19. The molecule has 1 saturated heterocycles. The second kappa shape index (κ2) is 6.11.